The first-order chi connectivity index (χ1) is 9.63. The summed E-state index contributed by atoms with van der Waals surface area (Å²) in [5, 5.41) is 11.3. The first-order valence-electron chi connectivity index (χ1n) is 6.21. The van der Waals surface area contributed by atoms with Gasteiger partial charge >= 0.3 is 5.97 Å². The van der Waals surface area contributed by atoms with Crippen LogP contribution >= 0.6 is 0 Å². The van der Waals surface area contributed by atoms with E-state index in [-0.39, 0.29) is 5.82 Å². The summed E-state index contributed by atoms with van der Waals surface area (Å²) in [6.07, 6.45) is 0. The van der Waals surface area contributed by atoms with Gasteiger partial charge in [0.25, 0.3) is 0 Å². The van der Waals surface area contributed by atoms with Crippen molar-refractivity contribution in [2.24, 2.45) is 0 Å². The third-order valence-corrected chi connectivity index (χ3v) is 3.09. The van der Waals surface area contributed by atoms with Gasteiger partial charge < -0.3 is 5.11 Å². The molecule has 0 saturated carbocycles. The van der Waals surface area contributed by atoms with Gasteiger partial charge in [-0.05, 0) is 29.8 Å². The highest BCUT2D eigenvalue weighted by molar-refractivity contribution is 5.88. The summed E-state index contributed by atoms with van der Waals surface area (Å²) in [5.41, 5.74) is 2.15. The maximum atomic E-state index is 11.0. The molecule has 0 radical (unpaired) electrons. The number of nitrogens with zero attached hydrogens (tertiary/aromatic N) is 2. The fraction of sp³-hybridized carbons (Fsp3) is 0.0625. The zero-order valence-corrected chi connectivity index (χ0v) is 10.9. The molecular formula is C16H12N2O2. The molecule has 0 saturated heterocycles. The fourth-order valence-electron chi connectivity index (χ4n) is 2.16. The molecule has 0 unspecified atom stereocenters. The van der Waals surface area contributed by atoms with Crippen molar-refractivity contribution in [3.05, 3.63) is 60.0 Å². The Morgan fingerprint density at radius 2 is 1.75 bits per heavy atom. The molecule has 0 aliphatic rings. The SMILES string of the molecule is Cc1cc(-c2ccc3ccccc3c2)nc(C(=O)O)n1. The molecule has 4 heteroatoms. The quantitative estimate of drug-likeness (QED) is 0.771. The lowest BCUT2D eigenvalue weighted by Crippen LogP contribution is -2.06. The monoisotopic (exact) mass is 264 g/mol. The fourth-order valence-corrected chi connectivity index (χ4v) is 2.16. The van der Waals surface area contributed by atoms with Gasteiger partial charge in [0.05, 0.1) is 5.69 Å². The van der Waals surface area contributed by atoms with Crippen molar-refractivity contribution < 1.29 is 9.90 Å². The highest BCUT2D eigenvalue weighted by atomic mass is 16.4. The number of hydrogen-bond donors (Lipinski definition) is 1. The second-order valence-electron chi connectivity index (χ2n) is 4.59. The molecule has 0 fully saturated rings. The van der Waals surface area contributed by atoms with Gasteiger partial charge in [-0.15, -0.1) is 0 Å². The highest BCUT2D eigenvalue weighted by Crippen LogP contribution is 2.23. The van der Waals surface area contributed by atoms with Crippen molar-refractivity contribution in [1.82, 2.24) is 9.97 Å². The van der Waals surface area contributed by atoms with E-state index < -0.39 is 5.97 Å². The average Bonchev–Trinajstić information content (AvgIpc) is 2.46. The number of carboxylic acid groups (broad SMARTS) is 1. The lowest BCUT2D eigenvalue weighted by Gasteiger charge is -2.05. The molecule has 1 heterocycles. The first-order valence-corrected chi connectivity index (χ1v) is 6.21. The number of rotatable bonds is 2. The maximum Gasteiger partial charge on any atom is 0.373 e. The van der Waals surface area contributed by atoms with E-state index in [0.29, 0.717) is 11.4 Å². The predicted octanol–water partition coefficient (Wildman–Crippen LogP) is 3.30. The molecule has 0 atom stereocenters. The van der Waals surface area contributed by atoms with Crippen LogP contribution in [-0.4, -0.2) is 21.0 Å². The number of aromatic nitrogens is 2. The predicted molar refractivity (Wildman–Crippen MR) is 76.7 cm³/mol. The number of benzene rings is 2. The number of fused-ring (bicyclic) bond motifs is 1. The van der Waals surface area contributed by atoms with Gasteiger partial charge in [0.15, 0.2) is 0 Å². The Morgan fingerprint density at radius 3 is 2.50 bits per heavy atom. The Hall–Kier alpha value is -2.75. The van der Waals surface area contributed by atoms with E-state index in [9.17, 15) is 4.79 Å². The van der Waals surface area contributed by atoms with Crippen LogP contribution in [0.1, 0.15) is 16.3 Å². The van der Waals surface area contributed by atoms with E-state index in [1.165, 1.54) is 0 Å². The van der Waals surface area contributed by atoms with Crippen molar-refractivity contribution in [3.8, 4) is 11.3 Å². The average molecular weight is 264 g/mol. The normalized spacial score (nSPS) is 10.7. The summed E-state index contributed by atoms with van der Waals surface area (Å²) >= 11 is 0. The largest absolute Gasteiger partial charge is 0.475 e. The van der Waals surface area contributed by atoms with Crippen LogP contribution in [0.2, 0.25) is 0 Å². The van der Waals surface area contributed by atoms with Crippen molar-refractivity contribution >= 4 is 16.7 Å². The Morgan fingerprint density at radius 1 is 1.00 bits per heavy atom. The first kappa shape index (κ1) is 12.3. The Labute approximate surface area is 115 Å². The van der Waals surface area contributed by atoms with Crippen molar-refractivity contribution in [3.63, 3.8) is 0 Å². The van der Waals surface area contributed by atoms with Gasteiger partial charge in [-0.2, -0.15) is 0 Å². The van der Waals surface area contributed by atoms with E-state index in [2.05, 4.69) is 9.97 Å². The number of carbonyl (C=O) groups is 1. The Bertz CT molecular complexity index is 812. The number of carboxylic acids is 1. The third kappa shape index (κ3) is 2.23. The van der Waals surface area contributed by atoms with Crippen LogP contribution < -0.4 is 0 Å². The smallest absolute Gasteiger partial charge is 0.373 e. The van der Waals surface area contributed by atoms with Gasteiger partial charge in [0, 0.05) is 11.3 Å². The Balaban J connectivity index is 2.17. The van der Waals surface area contributed by atoms with E-state index in [0.717, 1.165) is 16.3 Å². The number of hydrogen-bond acceptors (Lipinski definition) is 3. The minimum Gasteiger partial charge on any atom is -0.475 e. The minimum atomic E-state index is -1.12. The third-order valence-electron chi connectivity index (χ3n) is 3.09. The van der Waals surface area contributed by atoms with Crippen LogP contribution in [0.5, 0.6) is 0 Å². The topological polar surface area (TPSA) is 63.1 Å². The summed E-state index contributed by atoms with van der Waals surface area (Å²) in [6, 6.07) is 15.7. The molecule has 3 aromatic rings. The zero-order valence-electron chi connectivity index (χ0n) is 10.9. The molecule has 2 aromatic carbocycles. The zero-order chi connectivity index (χ0) is 14.1. The molecule has 1 N–H and O–H groups in total. The highest BCUT2D eigenvalue weighted by Gasteiger charge is 2.10. The van der Waals surface area contributed by atoms with Gasteiger partial charge in [0.1, 0.15) is 0 Å². The molecule has 0 spiro atoms. The standard InChI is InChI=1S/C16H12N2O2/c1-10-8-14(18-15(17-10)16(19)20)13-7-6-11-4-2-3-5-12(11)9-13/h2-9H,1H3,(H,19,20). The second-order valence-corrected chi connectivity index (χ2v) is 4.59. The van der Waals surface area contributed by atoms with Gasteiger partial charge in [-0.3, -0.25) is 0 Å². The molecule has 98 valence electrons. The molecule has 3 rings (SSSR count). The molecular weight excluding hydrogens is 252 g/mol. The summed E-state index contributed by atoms with van der Waals surface area (Å²) in [5.74, 6) is -1.29. The van der Waals surface area contributed by atoms with Crippen molar-refractivity contribution in [2.45, 2.75) is 6.92 Å². The van der Waals surface area contributed by atoms with E-state index in [1.54, 1.807) is 13.0 Å². The van der Waals surface area contributed by atoms with Gasteiger partial charge in [-0.25, -0.2) is 14.8 Å². The molecule has 0 aliphatic heterocycles. The van der Waals surface area contributed by atoms with Crippen LogP contribution in [0, 0.1) is 6.92 Å². The molecule has 1 aromatic heterocycles. The summed E-state index contributed by atoms with van der Waals surface area (Å²) in [4.78, 5) is 19.0. The van der Waals surface area contributed by atoms with Gasteiger partial charge in [0.2, 0.25) is 5.82 Å². The van der Waals surface area contributed by atoms with Crippen LogP contribution in [0.3, 0.4) is 0 Å². The van der Waals surface area contributed by atoms with Crippen molar-refractivity contribution in [1.29, 1.82) is 0 Å². The molecule has 4 nitrogen and oxygen atoms in total. The van der Waals surface area contributed by atoms with Crippen LogP contribution in [-0.2, 0) is 0 Å². The molecule has 0 bridgehead atoms. The Kier molecular flexibility index (Phi) is 2.91. The number of aromatic carboxylic acids is 1. The lowest BCUT2D eigenvalue weighted by molar-refractivity contribution is 0.0683. The molecule has 20 heavy (non-hydrogen) atoms. The van der Waals surface area contributed by atoms with Crippen LogP contribution in [0.25, 0.3) is 22.0 Å². The van der Waals surface area contributed by atoms with Crippen LogP contribution in [0.4, 0.5) is 0 Å². The molecule has 0 amide bonds. The van der Waals surface area contributed by atoms with Crippen LogP contribution in [0.15, 0.2) is 48.5 Å². The number of aryl methyl sites for hydroxylation is 1. The molecule has 0 aliphatic carbocycles. The lowest BCUT2D eigenvalue weighted by atomic mass is 10.0. The van der Waals surface area contributed by atoms with Gasteiger partial charge in [-0.1, -0.05) is 36.4 Å². The van der Waals surface area contributed by atoms with E-state index in [4.69, 9.17) is 5.11 Å². The maximum absolute atomic E-state index is 11.0. The summed E-state index contributed by atoms with van der Waals surface area (Å²) in [6.45, 7) is 1.76. The summed E-state index contributed by atoms with van der Waals surface area (Å²) < 4.78 is 0. The minimum absolute atomic E-state index is 0.173. The van der Waals surface area contributed by atoms with Crippen molar-refractivity contribution in [2.75, 3.05) is 0 Å². The van der Waals surface area contributed by atoms with E-state index >= 15 is 0 Å². The summed E-state index contributed by atoms with van der Waals surface area (Å²) in [7, 11) is 0. The van der Waals surface area contributed by atoms with E-state index in [1.807, 2.05) is 42.5 Å². The second kappa shape index (κ2) is 4.74.